The van der Waals surface area contributed by atoms with Crippen molar-refractivity contribution < 1.29 is 18.6 Å². The minimum absolute atomic E-state index is 0.119. The number of rotatable bonds is 10. The van der Waals surface area contributed by atoms with Gasteiger partial charge in [0.1, 0.15) is 5.75 Å². The predicted molar refractivity (Wildman–Crippen MR) is 74.0 cm³/mol. The van der Waals surface area contributed by atoms with E-state index in [1.807, 2.05) is 24.3 Å². The summed E-state index contributed by atoms with van der Waals surface area (Å²) in [4.78, 5) is 1.53. The van der Waals surface area contributed by atoms with E-state index in [4.69, 9.17) is 15.6 Å². The second kappa shape index (κ2) is 9.63. The van der Waals surface area contributed by atoms with Gasteiger partial charge in [0, 0.05) is 19.6 Å². The quantitative estimate of drug-likeness (QED) is 0.640. The number of ether oxygens (including phenoxy) is 1. The van der Waals surface area contributed by atoms with Crippen molar-refractivity contribution in [2.75, 3.05) is 32.8 Å². The van der Waals surface area contributed by atoms with Crippen LogP contribution in [0, 0.1) is 0 Å². The van der Waals surface area contributed by atoms with E-state index in [1.165, 1.54) is 4.90 Å². The number of aliphatic hydroxyl groups is 1. The van der Waals surface area contributed by atoms with Crippen LogP contribution < -0.4 is 10.5 Å². The SMILES string of the molecule is NCc1cccc(OCCCN(CCO)CC(F)F)c1. The van der Waals surface area contributed by atoms with Gasteiger partial charge in [-0.2, -0.15) is 0 Å². The van der Waals surface area contributed by atoms with Crippen LogP contribution in [0.25, 0.3) is 0 Å². The number of halogens is 2. The monoisotopic (exact) mass is 288 g/mol. The van der Waals surface area contributed by atoms with Gasteiger partial charge in [-0.1, -0.05) is 12.1 Å². The lowest BCUT2D eigenvalue weighted by Crippen LogP contribution is -2.33. The Hall–Kier alpha value is -1.24. The van der Waals surface area contributed by atoms with Gasteiger partial charge < -0.3 is 15.6 Å². The van der Waals surface area contributed by atoms with Gasteiger partial charge in [0.2, 0.25) is 0 Å². The summed E-state index contributed by atoms with van der Waals surface area (Å²) in [6, 6.07) is 7.49. The Morgan fingerprint density at radius 3 is 2.75 bits per heavy atom. The van der Waals surface area contributed by atoms with Crippen LogP contribution in [0.5, 0.6) is 5.75 Å². The molecule has 0 aliphatic heterocycles. The lowest BCUT2D eigenvalue weighted by Gasteiger charge is -2.20. The lowest BCUT2D eigenvalue weighted by molar-refractivity contribution is 0.0754. The fraction of sp³-hybridized carbons (Fsp3) is 0.571. The summed E-state index contributed by atoms with van der Waals surface area (Å²) in [6.45, 7) is 1.19. The smallest absolute Gasteiger partial charge is 0.251 e. The summed E-state index contributed by atoms with van der Waals surface area (Å²) < 4.78 is 30.1. The fourth-order valence-corrected chi connectivity index (χ4v) is 1.87. The molecule has 0 aromatic heterocycles. The van der Waals surface area contributed by atoms with Crippen molar-refractivity contribution in [1.82, 2.24) is 4.90 Å². The highest BCUT2D eigenvalue weighted by Crippen LogP contribution is 2.13. The first-order valence-corrected chi connectivity index (χ1v) is 6.69. The third kappa shape index (κ3) is 6.79. The van der Waals surface area contributed by atoms with Crippen molar-refractivity contribution in [3.05, 3.63) is 29.8 Å². The molecule has 0 heterocycles. The largest absolute Gasteiger partial charge is 0.494 e. The molecular formula is C14H22F2N2O2. The summed E-state index contributed by atoms with van der Waals surface area (Å²) in [5.74, 6) is 0.732. The van der Waals surface area contributed by atoms with E-state index in [0.29, 0.717) is 26.1 Å². The molecule has 4 nitrogen and oxygen atoms in total. The highest BCUT2D eigenvalue weighted by molar-refractivity contribution is 5.28. The molecule has 1 rings (SSSR count). The van der Waals surface area contributed by atoms with Crippen molar-refractivity contribution in [1.29, 1.82) is 0 Å². The molecule has 0 bridgehead atoms. The Morgan fingerprint density at radius 2 is 2.10 bits per heavy atom. The van der Waals surface area contributed by atoms with Gasteiger partial charge in [-0.25, -0.2) is 8.78 Å². The maximum Gasteiger partial charge on any atom is 0.251 e. The van der Waals surface area contributed by atoms with Crippen LogP contribution in [0.15, 0.2) is 24.3 Å². The lowest BCUT2D eigenvalue weighted by atomic mass is 10.2. The normalized spacial score (nSPS) is 11.3. The number of hydrogen-bond donors (Lipinski definition) is 2. The summed E-state index contributed by atoms with van der Waals surface area (Å²) in [6.07, 6.45) is -1.76. The molecular weight excluding hydrogens is 266 g/mol. The topological polar surface area (TPSA) is 58.7 Å². The third-order valence-corrected chi connectivity index (χ3v) is 2.83. The van der Waals surface area contributed by atoms with Crippen LogP contribution in [0.2, 0.25) is 0 Å². The minimum Gasteiger partial charge on any atom is -0.494 e. The zero-order valence-corrected chi connectivity index (χ0v) is 11.5. The summed E-state index contributed by atoms with van der Waals surface area (Å²) >= 11 is 0. The van der Waals surface area contributed by atoms with Gasteiger partial charge in [-0.05, 0) is 24.1 Å². The Labute approximate surface area is 118 Å². The molecule has 0 radical (unpaired) electrons. The maximum atomic E-state index is 12.3. The second-order valence-corrected chi connectivity index (χ2v) is 4.47. The molecule has 3 N–H and O–H groups in total. The molecule has 114 valence electrons. The molecule has 0 amide bonds. The highest BCUT2D eigenvalue weighted by atomic mass is 19.3. The van der Waals surface area contributed by atoms with E-state index in [2.05, 4.69) is 0 Å². The molecule has 1 aromatic rings. The fourth-order valence-electron chi connectivity index (χ4n) is 1.87. The van der Waals surface area contributed by atoms with Gasteiger partial charge in [0.25, 0.3) is 6.43 Å². The van der Waals surface area contributed by atoms with Crippen LogP contribution in [-0.4, -0.2) is 49.3 Å². The first kappa shape index (κ1) is 16.8. The molecule has 20 heavy (non-hydrogen) atoms. The maximum absolute atomic E-state index is 12.3. The molecule has 0 aliphatic carbocycles. The van der Waals surface area contributed by atoms with Crippen molar-refractivity contribution in [3.63, 3.8) is 0 Å². The number of alkyl halides is 2. The molecule has 0 atom stereocenters. The zero-order chi connectivity index (χ0) is 14.8. The van der Waals surface area contributed by atoms with Crippen molar-refractivity contribution in [2.24, 2.45) is 5.73 Å². The second-order valence-electron chi connectivity index (χ2n) is 4.47. The Kier molecular flexibility index (Phi) is 8.10. The van der Waals surface area contributed by atoms with Gasteiger partial charge in [-0.15, -0.1) is 0 Å². The van der Waals surface area contributed by atoms with Crippen molar-refractivity contribution in [3.8, 4) is 5.75 Å². The molecule has 0 spiro atoms. The van der Waals surface area contributed by atoms with Crippen LogP contribution in [0.4, 0.5) is 8.78 Å². The molecule has 6 heteroatoms. The van der Waals surface area contributed by atoms with Crippen LogP contribution >= 0.6 is 0 Å². The summed E-state index contributed by atoms with van der Waals surface area (Å²) in [5, 5.41) is 8.81. The van der Waals surface area contributed by atoms with Gasteiger partial charge in [-0.3, -0.25) is 4.90 Å². The van der Waals surface area contributed by atoms with Gasteiger partial charge in [0.05, 0.1) is 19.8 Å². The molecule has 0 fully saturated rings. The average Bonchev–Trinajstić information content (AvgIpc) is 2.43. The number of nitrogens with zero attached hydrogens (tertiary/aromatic N) is 1. The van der Waals surface area contributed by atoms with Crippen LogP contribution in [-0.2, 0) is 6.54 Å². The summed E-state index contributed by atoms with van der Waals surface area (Å²) in [7, 11) is 0. The van der Waals surface area contributed by atoms with Gasteiger partial charge >= 0.3 is 0 Å². The average molecular weight is 288 g/mol. The number of hydrogen-bond acceptors (Lipinski definition) is 4. The number of benzene rings is 1. The molecule has 0 saturated carbocycles. The number of aliphatic hydroxyl groups excluding tert-OH is 1. The first-order chi connectivity index (χ1) is 9.65. The van der Waals surface area contributed by atoms with Crippen molar-refractivity contribution >= 4 is 0 Å². The minimum atomic E-state index is -2.39. The van der Waals surface area contributed by atoms with E-state index in [-0.39, 0.29) is 19.7 Å². The number of nitrogens with two attached hydrogens (primary N) is 1. The molecule has 0 unspecified atom stereocenters. The molecule has 1 aromatic carbocycles. The third-order valence-electron chi connectivity index (χ3n) is 2.83. The Morgan fingerprint density at radius 1 is 1.30 bits per heavy atom. The molecule has 0 aliphatic rings. The molecule has 0 saturated heterocycles. The zero-order valence-electron chi connectivity index (χ0n) is 11.5. The van der Waals surface area contributed by atoms with E-state index in [0.717, 1.165) is 11.3 Å². The van der Waals surface area contributed by atoms with Crippen LogP contribution in [0.1, 0.15) is 12.0 Å². The van der Waals surface area contributed by atoms with E-state index in [9.17, 15) is 8.78 Å². The van der Waals surface area contributed by atoms with Crippen LogP contribution in [0.3, 0.4) is 0 Å². The predicted octanol–water partition coefficient (Wildman–Crippen LogP) is 1.47. The standard InChI is InChI=1S/C14H22F2N2O2/c15-14(16)11-18(6-7-19)5-2-8-20-13-4-1-3-12(9-13)10-17/h1,3-4,9,14,19H,2,5-8,10-11,17H2. The Bertz CT molecular complexity index is 378. The summed E-state index contributed by atoms with van der Waals surface area (Å²) in [5.41, 5.74) is 6.52. The van der Waals surface area contributed by atoms with E-state index < -0.39 is 6.43 Å². The van der Waals surface area contributed by atoms with E-state index >= 15 is 0 Å². The van der Waals surface area contributed by atoms with E-state index in [1.54, 1.807) is 0 Å². The van der Waals surface area contributed by atoms with Gasteiger partial charge in [0.15, 0.2) is 0 Å². The Balaban J connectivity index is 2.28. The van der Waals surface area contributed by atoms with Crippen molar-refractivity contribution in [2.45, 2.75) is 19.4 Å². The highest BCUT2D eigenvalue weighted by Gasteiger charge is 2.11. The first-order valence-electron chi connectivity index (χ1n) is 6.69.